The van der Waals surface area contributed by atoms with Crippen molar-refractivity contribution in [1.82, 2.24) is 5.32 Å². The second kappa shape index (κ2) is 6.49. The first-order valence-electron chi connectivity index (χ1n) is 7.96. The Morgan fingerprint density at radius 2 is 2.00 bits per heavy atom. The molecule has 3 nitrogen and oxygen atoms in total. The molecule has 0 amide bonds. The summed E-state index contributed by atoms with van der Waals surface area (Å²) in [6.07, 6.45) is 6.55. The molecule has 1 fully saturated rings. The van der Waals surface area contributed by atoms with Crippen LogP contribution in [0, 0.1) is 5.92 Å². The first-order valence-corrected chi connectivity index (χ1v) is 7.96. The molecule has 1 aromatic carbocycles. The summed E-state index contributed by atoms with van der Waals surface area (Å²) < 4.78 is 11.4. The largest absolute Gasteiger partial charge is 0.490 e. The maximum atomic E-state index is 5.75. The van der Waals surface area contributed by atoms with E-state index in [2.05, 4.69) is 24.4 Å². The van der Waals surface area contributed by atoms with Gasteiger partial charge in [-0.15, -0.1) is 0 Å². The number of hydrogen-bond donors (Lipinski definition) is 1. The van der Waals surface area contributed by atoms with Gasteiger partial charge in [-0.25, -0.2) is 0 Å². The lowest BCUT2D eigenvalue weighted by Crippen LogP contribution is -2.20. The predicted molar refractivity (Wildman–Crippen MR) is 80.4 cm³/mol. The Morgan fingerprint density at radius 3 is 2.80 bits per heavy atom. The van der Waals surface area contributed by atoms with Crippen LogP contribution in [-0.4, -0.2) is 19.8 Å². The summed E-state index contributed by atoms with van der Waals surface area (Å²) in [7, 11) is 0. The summed E-state index contributed by atoms with van der Waals surface area (Å²) in [5.41, 5.74) is 1.28. The van der Waals surface area contributed by atoms with E-state index in [1.165, 1.54) is 31.2 Å². The fourth-order valence-corrected chi connectivity index (χ4v) is 2.68. The minimum Gasteiger partial charge on any atom is -0.490 e. The van der Waals surface area contributed by atoms with E-state index in [0.717, 1.165) is 43.6 Å². The third-order valence-electron chi connectivity index (χ3n) is 4.21. The van der Waals surface area contributed by atoms with Crippen LogP contribution in [0.15, 0.2) is 18.2 Å². The Hall–Kier alpha value is -1.22. The van der Waals surface area contributed by atoms with E-state index < -0.39 is 0 Å². The lowest BCUT2D eigenvalue weighted by molar-refractivity contribution is 0.297. The van der Waals surface area contributed by atoms with E-state index in [1.54, 1.807) is 0 Å². The molecule has 0 radical (unpaired) electrons. The monoisotopic (exact) mass is 275 g/mol. The predicted octanol–water partition coefficient (Wildman–Crippen LogP) is 3.69. The Balaban J connectivity index is 1.53. The highest BCUT2D eigenvalue weighted by molar-refractivity contribution is 5.44. The van der Waals surface area contributed by atoms with Gasteiger partial charge in [-0.3, -0.25) is 0 Å². The maximum absolute atomic E-state index is 5.75. The average Bonchev–Trinajstić information content (AvgIpc) is 3.29. The second-order valence-corrected chi connectivity index (χ2v) is 6.02. The zero-order valence-electron chi connectivity index (χ0n) is 12.4. The van der Waals surface area contributed by atoms with Crippen molar-refractivity contribution in [3.8, 4) is 11.5 Å². The molecule has 0 bridgehead atoms. The number of ether oxygens (including phenoxy) is 2. The van der Waals surface area contributed by atoms with Gasteiger partial charge in [-0.2, -0.15) is 0 Å². The van der Waals surface area contributed by atoms with E-state index in [1.807, 2.05) is 6.07 Å². The minimum absolute atomic E-state index is 0.367. The number of nitrogens with one attached hydrogen (secondary N) is 1. The molecule has 1 saturated carbocycles. The molecule has 3 rings (SSSR count). The number of fused-ring (bicyclic) bond motifs is 1. The summed E-state index contributed by atoms with van der Waals surface area (Å²) >= 11 is 0. The van der Waals surface area contributed by atoms with E-state index >= 15 is 0 Å². The van der Waals surface area contributed by atoms with Crippen LogP contribution in [0.2, 0.25) is 0 Å². The fraction of sp³-hybridized carbons (Fsp3) is 0.647. The summed E-state index contributed by atoms with van der Waals surface area (Å²) in [5, 5.41) is 3.61. The average molecular weight is 275 g/mol. The van der Waals surface area contributed by atoms with Gasteiger partial charge in [-0.05, 0) is 49.9 Å². The first-order chi connectivity index (χ1) is 9.83. The van der Waals surface area contributed by atoms with Gasteiger partial charge in [0.2, 0.25) is 0 Å². The van der Waals surface area contributed by atoms with E-state index in [0.29, 0.717) is 6.04 Å². The molecule has 1 N–H and O–H groups in total. The smallest absolute Gasteiger partial charge is 0.161 e. The fourth-order valence-electron chi connectivity index (χ4n) is 2.68. The number of hydrogen-bond acceptors (Lipinski definition) is 3. The summed E-state index contributed by atoms with van der Waals surface area (Å²) in [6, 6.07) is 6.68. The molecular formula is C17H25NO2. The van der Waals surface area contributed by atoms with Crippen molar-refractivity contribution in [2.45, 2.75) is 45.1 Å². The van der Waals surface area contributed by atoms with E-state index in [-0.39, 0.29) is 0 Å². The topological polar surface area (TPSA) is 30.5 Å². The van der Waals surface area contributed by atoms with Crippen LogP contribution in [0.3, 0.4) is 0 Å². The highest BCUT2D eigenvalue weighted by atomic mass is 16.5. The molecule has 2 aliphatic rings. The zero-order valence-corrected chi connectivity index (χ0v) is 12.4. The van der Waals surface area contributed by atoms with Crippen LogP contribution >= 0.6 is 0 Å². The SMILES string of the molecule is CC(NCCCC1CC1)c1ccc2c(c1)OCCCO2. The van der Waals surface area contributed by atoms with E-state index in [9.17, 15) is 0 Å². The summed E-state index contributed by atoms with van der Waals surface area (Å²) in [6.45, 7) is 4.82. The van der Waals surface area contributed by atoms with Crippen molar-refractivity contribution in [3.05, 3.63) is 23.8 Å². The van der Waals surface area contributed by atoms with Gasteiger partial charge in [0.15, 0.2) is 11.5 Å². The van der Waals surface area contributed by atoms with Crippen molar-refractivity contribution in [3.63, 3.8) is 0 Å². The molecule has 1 atom stereocenters. The van der Waals surface area contributed by atoms with Crippen molar-refractivity contribution < 1.29 is 9.47 Å². The third kappa shape index (κ3) is 3.66. The molecule has 3 heteroatoms. The highest BCUT2D eigenvalue weighted by Crippen LogP contribution is 2.34. The molecule has 1 aliphatic carbocycles. The van der Waals surface area contributed by atoms with Crippen LogP contribution in [0.5, 0.6) is 11.5 Å². The molecule has 1 unspecified atom stereocenters. The van der Waals surface area contributed by atoms with Crippen molar-refractivity contribution in [2.24, 2.45) is 5.92 Å². The van der Waals surface area contributed by atoms with Gasteiger partial charge in [0.05, 0.1) is 13.2 Å². The van der Waals surface area contributed by atoms with Gasteiger partial charge >= 0.3 is 0 Å². The number of benzene rings is 1. The van der Waals surface area contributed by atoms with Crippen molar-refractivity contribution in [1.29, 1.82) is 0 Å². The highest BCUT2D eigenvalue weighted by Gasteiger charge is 2.20. The van der Waals surface area contributed by atoms with Crippen LogP contribution < -0.4 is 14.8 Å². The van der Waals surface area contributed by atoms with Gasteiger partial charge in [0.1, 0.15) is 0 Å². The quantitative estimate of drug-likeness (QED) is 0.803. The van der Waals surface area contributed by atoms with Crippen molar-refractivity contribution >= 4 is 0 Å². The Kier molecular flexibility index (Phi) is 4.46. The molecule has 20 heavy (non-hydrogen) atoms. The first kappa shape index (κ1) is 13.7. The van der Waals surface area contributed by atoms with Crippen molar-refractivity contribution in [2.75, 3.05) is 19.8 Å². The Bertz CT molecular complexity index is 443. The Labute approximate surface area is 121 Å². The standard InChI is InChI=1S/C17H25NO2/c1-13(18-9-2-4-14-5-6-14)15-7-8-16-17(12-15)20-11-3-10-19-16/h7-8,12-14,18H,2-6,9-11H2,1H3. The molecule has 0 saturated heterocycles. The molecule has 110 valence electrons. The molecule has 0 spiro atoms. The summed E-state index contributed by atoms with van der Waals surface area (Å²) in [4.78, 5) is 0. The minimum atomic E-state index is 0.367. The van der Waals surface area contributed by atoms with Gasteiger partial charge in [-0.1, -0.05) is 18.9 Å². The van der Waals surface area contributed by atoms with Gasteiger partial charge in [0.25, 0.3) is 0 Å². The van der Waals surface area contributed by atoms with Gasteiger partial charge in [0, 0.05) is 12.5 Å². The maximum Gasteiger partial charge on any atom is 0.161 e. The third-order valence-corrected chi connectivity index (χ3v) is 4.21. The molecular weight excluding hydrogens is 250 g/mol. The normalized spacial score (nSPS) is 19.4. The second-order valence-electron chi connectivity index (χ2n) is 6.02. The molecule has 1 aliphatic heterocycles. The van der Waals surface area contributed by atoms with Gasteiger partial charge < -0.3 is 14.8 Å². The zero-order chi connectivity index (χ0) is 13.8. The lowest BCUT2D eigenvalue weighted by Gasteiger charge is -2.16. The van der Waals surface area contributed by atoms with Crippen LogP contribution in [0.25, 0.3) is 0 Å². The number of rotatable bonds is 6. The van der Waals surface area contributed by atoms with E-state index in [4.69, 9.17) is 9.47 Å². The molecule has 0 aromatic heterocycles. The molecule has 1 aromatic rings. The van der Waals surface area contributed by atoms with Crippen LogP contribution in [0.4, 0.5) is 0 Å². The van der Waals surface area contributed by atoms with Crippen LogP contribution in [-0.2, 0) is 0 Å². The Morgan fingerprint density at radius 1 is 1.20 bits per heavy atom. The lowest BCUT2D eigenvalue weighted by atomic mass is 10.1. The van der Waals surface area contributed by atoms with Crippen LogP contribution in [0.1, 0.15) is 50.6 Å². The molecule has 1 heterocycles. The summed E-state index contributed by atoms with van der Waals surface area (Å²) in [5.74, 6) is 2.81.